The van der Waals surface area contributed by atoms with Gasteiger partial charge >= 0.3 is 0 Å². The smallest absolute Gasteiger partial charge is 0.229 e. The van der Waals surface area contributed by atoms with Crippen LogP contribution in [0.4, 0.5) is 5.69 Å². The molecule has 2 aromatic rings. The first kappa shape index (κ1) is 16.6. The predicted octanol–water partition coefficient (Wildman–Crippen LogP) is 2.79. The molecule has 2 amide bonds. The van der Waals surface area contributed by atoms with Crippen molar-refractivity contribution in [2.24, 2.45) is 5.92 Å². The third-order valence-electron chi connectivity index (χ3n) is 4.10. The summed E-state index contributed by atoms with van der Waals surface area (Å²) in [5.41, 5.74) is 1.48. The molecule has 1 aromatic carbocycles. The maximum absolute atomic E-state index is 12.4. The van der Waals surface area contributed by atoms with Crippen LogP contribution in [0.5, 0.6) is 0 Å². The quantitative estimate of drug-likeness (QED) is 0.929. The second kappa shape index (κ2) is 6.32. The second-order valence-electron chi connectivity index (χ2n) is 6.92. The molecule has 6 nitrogen and oxygen atoms in total. The highest BCUT2D eigenvalue weighted by atomic mass is 32.1. The van der Waals surface area contributed by atoms with E-state index in [9.17, 15) is 9.59 Å². The molecule has 3 rings (SSSR count). The summed E-state index contributed by atoms with van der Waals surface area (Å²) < 4.78 is 3.84. The molecule has 7 heteroatoms. The van der Waals surface area contributed by atoms with E-state index >= 15 is 0 Å². The molecule has 1 aliphatic heterocycles. The van der Waals surface area contributed by atoms with Gasteiger partial charge in [-0.3, -0.25) is 9.59 Å². The summed E-state index contributed by atoms with van der Waals surface area (Å²) in [6, 6.07) is 7.55. The Morgan fingerprint density at radius 3 is 2.54 bits per heavy atom. The monoisotopic (exact) mass is 344 g/mol. The van der Waals surface area contributed by atoms with Gasteiger partial charge in [-0.2, -0.15) is 0 Å². The Kier molecular flexibility index (Phi) is 4.36. The molecule has 1 aliphatic rings. The van der Waals surface area contributed by atoms with Gasteiger partial charge in [0.15, 0.2) is 0 Å². The Bertz CT molecular complexity index is 735. The van der Waals surface area contributed by atoms with Crippen LogP contribution in [0.25, 0.3) is 10.4 Å². The molecule has 1 atom stereocenters. The minimum Gasteiger partial charge on any atom is -0.337 e. The SMILES string of the molecule is CC(C)(C)N1CC(C(=O)Nc2ccc(-c3cnns3)cc2)CC1=O. The third-order valence-corrected chi connectivity index (χ3v) is 4.82. The van der Waals surface area contributed by atoms with Gasteiger partial charge in [0.2, 0.25) is 11.8 Å². The standard InChI is InChI=1S/C17H20N4O2S/c1-17(2,3)21-10-12(8-15(21)22)16(23)19-13-6-4-11(5-7-13)14-9-18-20-24-14/h4-7,9,12H,8,10H2,1-3H3,(H,19,23). The second-order valence-corrected chi connectivity index (χ2v) is 7.71. The summed E-state index contributed by atoms with van der Waals surface area (Å²) in [6.07, 6.45) is 1.98. The number of likely N-dealkylation sites (tertiary alicyclic amines) is 1. The lowest BCUT2D eigenvalue weighted by molar-refractivity contribution is -0.131. The number of rotatable bonds is 3. The van der Waals surface area contributed by atoms with Gasteiger partial charge < -0.3 is 10.2 Å². The van der Waals surface area contributed by atoms with Crippen molar-refractivity contribution in [1.29, 1.82) is 0 Å². The van der Waals surface area contributed by atoms with E-state index in [1.807, 2.05) is 45.0 Å². The first-order chi connectivity index (χ1) is 11.3. The van der Waals surface area contributed by atoms with Crippen molar-refractivity contribution in [3.05, 3.63) is 30.5 Å². The number of amides is 2. The largest absolute Gasteiger partial charge is 0.337 e. The summed E-state index contributed by atoms with van der Waals surface area (Å²) in [5, 5.41) is 6.72. The Balaban J connectivity index is 1.64. The maximum Gasteiger partial charge on any atom is 0.229 e. The van der Waals surface area contributed by atoms with Gasteiger partial charge in [-0.15, -0.1) is 5.10 Å². The first-order valence-electron chi connectivity index (χ1n) is 7.84. The van der Waals surface area contributed by atoms with Gasteiger partial charge in [-0.05, 0) is 50.0 Å². The maximum atomic E-state index is 12.4. The molecule has 0 spiro atoms. The van der Waals surface area contributed by atoms with E-state index in [2.05, 4.69) is 14.9 Å². The molecule has 1 fully saturated rings. The molecule has 0 radical (unpaired) electrons. The van der Waals surface area contributed by atoms with Crippen molar-refractivity contribution < 1.29 is 9.59 Å². The molecule has 24 heavy (non-hydrogen) atoms. The summed E-state index contributed by atoms with van der Waals surface area (Å²) in [7, 11) is 0. The van der Waals surface area contributed by atoms with Crippen LogP contribution < -0.4 is 5.32 Å². The van der Waals surface area contributed by atoms with E-state index in [1.165, 1.54) is 11.5 Å². The first-order valence-corrected chi connectivity index (χ1v) is 8.61. The van der Waals surface area contributed by atoms with Gasteiger partial charge in [0, 0.05) is 24.2 Å². The zero-order valence-electron chi connectivity index (χ0n) is 13.9. The predicted molar refractivity (Wildman–Crippen MR) is 93.5 cm³/mol. The van der Waals surface area contributed by atoms with Crippen LogP contribution in [0.2, 0.25) is 0 Å². The van der Waals surface area contributed by atoms with Crippen LogP contribution in [-0.4, -0.2) is 38.4 Å². The molecule has 0 saturated carbocycles. The lowest BCUT2D eigenvalue weighted by atomic mass is 10.1. The molecule has 0 aliphatic carbocycles. The van der Waals surface area contributed by atoms with Gasteiger partial charge in [0.25, 0.3) is 0 Å². The van der Waals surface area contributed by atoms with Crippen molar-refractivity contribution in [3.63, 3.8) is 0 Å². The number of hydrogen-bond acceptors (Lipinski definition) is 5. The van der Waals surface area contributed by atoms with Gasteiger partial charge in [0.1, 0.15) is 0 Å². The van der Waals surface area contributed by atoms with Crippen LogP contribution in [0.15, 0.2) is 30.5 Å². The average Bonchev–Trinajstić information content (AvgIpc) is 3.16. The van der Waals surface area contributed by atoms with Crippen LogP contribution in [0, 0.1) is 5.92 Å². The van der Waals surface area contributed by atoms with Crippen LogP contribution in [0.1, 0.15) is 27.2 Å². The molecule has 1 saturated heterocycles. The van der Waals surface area contributed by atoms with Crippen molar-refractivity contribution in [2.45, 2.75) is 32.7 Å². The number of nitrogens with zero attached hydrogens (tertiary/aromatic N) is 3. The summed E-state index contributed by atoms with van der Waals surface area (Å²) in [6.45, 7) is 6.42. The Morgan fingerprint density at radius 2 is 2.00 bits per heavy atom. The fourth-order valence-corrected chi connectivity index (χ4v) is 3.31. The molecular formula is C17H20N4O2S. The highest BCUT2D eigenvalue weighted by molar-refractivity contribution is 7.09. The minimum atomic E-state index is -0.304. The Morgan fingerprint density at radius 1 is 1.29 bits per heavy atom. The van der Waals surface area contributed by atoms with E-state index in [1.54, 1.807) is 11.1 Å². The molecule has 126 valence electrons. The third kappa shape index (κ3) is 3.46. The number of carbonyl (C=O) groups excluding carboxylic acids is 2. The zero-order chi connectivity index (χ0) is 17.3. The molecule has 0 bridgehead atoms. The molecule has 1 N–H and O–H groups in total. The highest BCUT2D eigenvalue weighted by Crippen LogP contribution is 2.27. The average molecular weight is 344 g/mol. The van der Waals surface area contributed by atoms with Crippen LogP contribution >= 0.6 is 11.5 Å². The van der Waals surface area contributed by atoms with Crippen LogP contribution in [0.3, 0.4) is 0 Å². The van der Waals surface area contributed by atoms with Crippen molar-refractivity contribution in [2.75, 3.05) is 11.9 Å². The zero-order valence-corrected chi connectivity index (χ0v) is 14.8. The lowest BCUT2D eigenvalue weighted by Crippen LogP contribution is -2.42. The highest BCUT2D eigenvalue weighted by Gasteiger charge is 2.39. The number of nitrogens with one attached hydrogen (secondary N) is 1. The summed E-state index contributed by atoms with van der Waals surface area (Å²) >= 11 is 1.33. The van der Waals surface area contributed by atoms with Gasteiger partial charge in [-0.25, -0.2) is 0 Å². The summed E-state index contributed by atoms with van der Waals surface area (Å²) in [4.78, 5) is 27.3. The molecular weight excluding hydrogens is 324 g/mol. The van der Waals surface area contributed by atoms with Crippen LogP contribution in [-0.2, 0) is 9.59 Å². The molecule has 1 unspecified atom stereocenters. The Hall–Kier alpha value is -2.28. The number of benzene rings is 1. The van der Waals surface area contributed by atoms with E-state index in [0.717, 1.165) is 16.1 Å². The van der Waals surface area contributed by atoms with Gasteiger partial charge in [0.05, 0.1) is 17.0 Å². The summed E-state index contributed by atoms with van der Waals surface area (Å²) in [5.74, 6) is -0.375. The molecule has 1 aromatic heterocycles. The fourth-order valence-electron chi connectivity index (χ4n) is 2.79. The van der Waals surface area contributed by atoms with Crippen molar-refractivity contribution >= 4 is 29.0 Å². The lowest BCUT2D eigenvalue weighted by Gasteiger charge is -2.31. The number of carbonyl (C=O) groups is 2. The Labute approximate surface area is 145 Å². The number of anilines is 1. The van der Waals surface area contributed by atoms with E-state index in [4.69, 9.17) is 0 Å². The number of hydrogen-bond donors (Lipinski definition) is 1. The van der Waals surface area contributed by atoms with E-state index in [-0.39, 0.29) is 29.7 Å². The van der Waals surface area contributed by atoms with E-state index in [0.29, 0.717) is 6.54 Å². The van der Waals surface area contributed by atoms with Crippen molar-refractivity contribution in [3.8, 4) is 10.4 Å². The minimum absolute atomic E-state index is 0.0377. The van der Waals surface area contributed by atoms with Crippen molar-refractivity contribution in [1.82, 2.24) is 14.5 Å². The number of aromatic nitrogens is 2. The van der Waals surface area contributed by atoms with E-state index < -0.39 is 0 Å². The fraction of sp³-hybridized carbons (Fsp3) is 0.412. The van der Waals surface area contributed by atoms with Gasteiger partial charge in [-0.1, -0.05) is 16.6 Å². The molecule has 2 heterocycles. The normalized spacial score (nSPS) is 18.0. The topological polar surface area (TPSA) is 75.2 Å².